The Morgan fingerprint density at radius 3 is 2.38 bits per heavy atom. The lowest BCUT2D eigenvalue weighted by Gasteiger charge is -2.41. The number of guanidine groups is 1. The summed E-state index contributed by atoms with van der Waals surface area (Å²) in [5.41, 5.74) is 2.12. The molecular weight excluding hydrogens is 439 g/mol. The Kier molecular flexibility index (Phi) is 10.5. The maximum absolute atomic E-state index is 9.46. The van der Waals surface area contributed by atoms with Gasteiger partial charge in [-0.25, -0.2) is 4.99 Å². The molecule has 1 aromatic rings. The Hall–Kier alpha value is -0.860. The molecule has 3 N–H and O–H groups in total. The van der Waals surface area contributed by atoms with Crippen molar-refractivity contribution in [3.63, 3.8) is 0 Å². The van der Waals surface area contributed by atoms with Crippen LogP contribution in [0.15, 0.2) is 29.3 Å². The van der Waals surface area contributed by atoms with Crippen LogP contribution in [0.1, 0.15) is 51.2 Å². The smallest absolute Gasteiger partial charge is 0.191 e. The van der Waals surface area contributed by atoms with E-state index in [1.807, 2.05) is 24.3 Å². The third kappa shape index (κ3) is 7.04. The molecule has 2 rings (SSSR count). The van der Waals surface area contributed by atoms with Crippen LogP contribution in [0.25, 0.3) is 0 Å². The molecule has 6 heteroatoms. The van der Waals surface area contributed by atoms with Gasteiger partial charge < -0.3 is 15.7 Å². The second-order valence-corrected chi connectivity index (χ2v) is 7.34. The monoisotopic (exact) mass is 474 g/mol. The Labute approximate surface area is 175 Å². The molecule has 0 radical (unpaired) electrons. The van der Waals surface area contributed by atoms with Crippen LogP contribution in [0.4, 0.5) is 0 Å². The van der Waals surface area contributed by atoms with Crippen LogP contribution in [0.2, 0.25) is 0 Å². The topological polar surface area (TPSA) is 59.9 Å². The van der Waals surface area contributed by atoms with Gasteiger partial charge in [-0.05, 0) is 57.8 Å². The molecule has 0 atom stereocenters. The van der Waals surface area contributed by atoms with Crippen molar-refractivity contribution in [2.24, 2.45) is 4.99 Å². The number of benzene rings is 1. The van der Waals surface area contributed by atoms with Crippen molar-refractivity contribution in [2.45, 2.75) is 58.7 Å². The minimum atomic E-state index is 0. The number of piperidine rings is 1. The molecule has 0 amide bonds. The number of likely N-dealkylation sites (tertiary alicyclic amines) is 1. The van der Waals surface area contributed by atoms with Crippen molar-refractivity contribution in [3.05, 3.63) is 35.4 Å². The summed E-state index contributed by atoms with van der Waals surface area (Å²) in [4.78, 5) is 7.28. The van der Waals surface area contributed by atoms with E-state index in [4.69, 9.17) is 4.99 Å². The van der Waals surface area contributed by atoms with Crippen molar-refractivity contribution in [2.75, 3.05) is 26.2 Å². The molecule has 0 saturated carbocycles. The van der Waals surface area contributed by atoms with E-state index in [-0.39, 0.29) is 36.1 Å². The van der Waals surface area contributed by atoms with Crippen molar-refractivity contribution in [3.8, 4) is 0 Å². The quantitative estimate of drug-likeness (QED) is 0.323. The van der Waals surface area contributed by atoms with Crippen LogP contribution >= 0.6 is 24.0 Å². The van der Waals surface area contributed by atoms with Gasteiger partial charge in [0, 0.05) is 18.6 Å². The molecule has 0 aromatic heterocycles. The van der Waals surface area contributed by atoms with E-state index in [0.29, 0.717) is 6.54 Å². The van der Waals surface area contributed by atoms with E-state index in [1.165, 1.54) is 32.4 Å². The Balaban J connectivity index is 0.00000338. The van der Waals surface area contributed by atoms with Gasteiger partial charge in [-0.3, -0.25) is 4.90 Å². The highest BCUT2D eigenvalue weighted by Gasteiger charge is 2.27. The van der Waals surface area contributed by atoms with Gasteiger partial charge in [0.25, 0.3) is 0 Å². The number of hydrogen-bond acceptors (Lipinski definition) is 3. The van der Waals surface area contributed by atoms with Crippen LogP contribution in [0, 0.1) is 0 Å². The number of aliphatic imine (C=N–C) groups is 1. The second kappa shape index (κ2) is 11.8. The second-order valence-electron chi connectivity index (χ2n) is 7.34. The summed E-state index contributed by atoms with van der Waals surface area (Å²) in [5, 5.41) is 16.3. The summed E-state index contributed by atoms with van der Waals surface area (Å²) >= 11 is 0. The zero-order valence-corrected chi connectivity index (χ0v) is 18.8. The predicted molar refractivity (Wildman–Crippen MR) is 120 cm³/mol. The first-order valence-electron chi connectivity index (χ1n) is 9.51. The van der Waals surface area contributed by atoms with Gasteiger partial charge in [-0.2, -0.15) is 0 Å². The average molecular weight is 474 g/mol. The molecule has 1 saturated heterocycles. The van der Waals surface area contributed by atoms with Crippen LogP contribution in [0.5, 0.6) is 0 Å². The van der Waals surface area contributed by atoms with Gasteiger partial charge in [-0.15, -0.1) is 24.0 Å². The molecule has 148 valence electrons. The average Bonchev–Trinajstić information content (AvgIpc) is 2.65. The lowest BCUT2D eigenvalue weighted by Crippen LogP contribution is -2.54. The Bertz CT molecular complexity index is 556. The first-order chi connectivity index (χ1) is 12.1. The molecule has 1 aliphatic heterocycles. The molecule has 0 aliphatic carbocycles. The third-order valence-electron chi connectivity index (χ3n) is 4.94. The zero-order valence-electron chi connectivity index (χ0n) is 16.4. The SMILES string of the molecule is CCNC(=NCc1ccccc1CO)NCC(C)(C)N1CCCCC1.I. The van der Waals surface area contributed by atoms with E-state index < -0.39 is 0 Å². The molecular formula is C20H35IN4O. The fourth-order valence-corrected chi connectivity index (χ4v) is 3.28. The van der Waals surface area contributed by atoms with Gasteiger partial charge in [0.15, 0.2) is 5.96 Å². The summed E-state index contributed by atoms with van der Waals surface area (Å²) in [6, 6.07) is 7.91. The van der Waals surface area contributed by atoms with Gasteiger partial charge in [-0.1, -0.05) is 30.7 Å². The summed E-state index contributed by atoms with van der Waals surface area (Å²) in [5.74, 6) is 0.834. The number of halogens is 1. The highest BCUT2D eigenvalue weighted by Crippen LogP contribution is 2.19. The van der Waals surface area contributed by atoms with Gasteiger partial charge in [0.2, 0.25) is 0 Å². The molecule has 1 fully saturated rings. The third-order valence-corrected chi connectivity index (χ3v) is 4.94. The zero-order chi connectivity index (χ0) is 18.1. The molecule has 1 aliphatic rings. The first kappa shape index (κ1) is 23.2. The number of aliphatic hydroxyl groups is 1. The van der Waals surface area contributed by atoms with Crippen LogP contribution in [0.3, 0.4) is 0 Å². The Morgan fingerprint density at radius 2 is 1.77 bits per heavy atom. The van der Waals surface area contributed by atoms with Crippen molar-refractivity contribution in [1.29, 1.82) is 0 Å². The summed E-state index contributed by atoms with van der Waals surface area (Å²) in [6.45, 7) is 11.4. The van der Waals surface area contributed by atoms with Gasteiger partial charge in [0.1, 0.15) is 0 Å². The normalized spacial score (nSPS) is 16.1. The summed E-state index contributed by atoms with van der Waals surface area (Å²) < 4.78 is 0. The van der Waals surface area contributed by atoms with E-state index in [1.54, 1.807) is 0 Å². The van der Waals surface area contributed by atoms with Crippen molar-refractivity contribution < 1.29 is 5.11 Å². The number of aliphatic hydroxyl groups excluding tert-OH is 1. The summed E-state index contributed by atoms with van der Waals surface area (Å²) in [7, 11) is 0. The summed E-state index contributed by atoms with van der Waals surface area (Å²) in [6.07, 6.45) is 3.96. The number of nitrogens with zero attached hydrogens (tertiary/aromatic N) is 2. The fourth-order valence-electron chi connectivity index (χ4n) is 3.28. The Morgan fingerprint density at radius 1 is 1.12 bits per heavy atom. The lowest BCUT2D eigenvalue weighted by atomic mass is 9.98. The van der Waals surface area contributed by atoms with Gasteiger partial charge in [0.05, 0.1) is 13.2 Å². The van der Waals surface area contributed by atoms with Crippen molar-refractivity contribution >= 4 is 29.9 Å². The first-order valence-corrected chi connectivity index (χ1v) is 9.51. The predicted octanol–water partition coefficient (Wildman–Crippen LogP) is 3.12. The molecule has 0 spiro atoms. The number of nitrogens with one attached hydrogen (secondary N) is 2. The molecule has 0 bridgehead atoms. The molecule has 1 aromatic carbocycles. The highest BCUT2D eigenvalue weighted by atomic mass is 127. The van der Waals surface area contributed by atoms with Crippen LogP contribution in [-0.2, 0) is 13.2 Å². The van der Waals surface area contributed by atoms with E-state index >= 15 is 0 Å². The maximum Gasteiger partial charge on any atom is 0.191 e. The highest BCUT2D eigenvalue weighted by molar-refractivity contribution is 14.0. The lowest BCUT2D eigenvalue weighted by molar-refractivity contribution is 0.0982. The number of hydrogen-bond donors (Lipinski definition) is 3. The van der Waals surface area contributed by atoms with E-state index in [0.717, 1.165) is 30.2 Å². The fraction of sp³-hybridized carbons (Fsp3) is 0.650. The van der Waals surface area contributed by atoms with Crippen LogP contribution < -0.4 is 10.6 Å². The maximum atomic E-state index is 9.46. The van der Waals surface area contributed by atoms with Crippen molar-refractivity contribution in [1.82, 2.24) is 15.5 Å². The van der Waals surface area contributed by atoms with E-state index in [9.17, 15) is 5.11 Å². The largest absolute Gasteiger partial charge is 0.392 e. The molecule has 1 heterocycles. The van der Waals surface area contributed by atoms with Gasteiger partial charge >= 0.3 is 0 Å². The molecule has 26 heavy (non-hydrogen) atoms. The molecule has 5 nitrogen and oxygen atoms in total. The number of rotatable bonds is 7. The van der Waals surface area contributed by atoms with E-state index in [2.05, 4.69) is 36.3 Å². The standard InChI is InChI=1S/C20H34N4O.HI/c1-4-21-19(22-14-17-10-6-7-11-18(17)15-25)23-16-20(2,3)24-12-8-5-9-13-24;/h6-7,10-11,25H,4-5,8-9,12-16H2,1-3H3,(H2,21,22,23);1H. The minimum absolute atomic E-state index is 0. The van der Waals surface area contributed by atoms with Crippen LogP contribution in [-0.4, -0.2) is 47.7 Å². The molecule has 0 unspecified atom stereocenters. The minimum Gasteiger partial charge on any atom is -0.392 e.